The van der Waals surface area contributed by atoms with Crippen LogP contribution in [0.25, 0.3) is 0 Å². The Bertz CT molecular complexity index is 714. The molecule has 0 bridgehead atoms. The highest BCUT2D eigenvalue weighted by molar-refractivity contribution is 7.89. The van der Waals surface area contributed by atoms with Crippen LogP contribution in [0.15, 0.2) is 35.5 Å². The lowest BCUT2D eigenvalue weighted by Crippen LogP contribution is -2.26. The maximum Gasteiger partial charge on any atom is 0.240 e. The number of halogens is 1. The molecule has 2 rings (SSSR count). The second-order valence-corrected chi connectivity index (χ2v) is 6.40. The fourth-order valence-electron chi connectivity index (χ4n) is 1.92. The molecule has 0 spiro atoms. The zero-order chi connectivity index (χ0) is 15.5. The van der Waals surface area contributed by atoms with Gasteiger partial charge in [0, 0.05) is 25.5 Å². The van der Waals surface area contributed by atoms with E-state index >= 15 is 0 Å². The molecular weight excluding hydrogens is 295 g/mol. The Balaban J connectivity index is 2.00. The molecular formula is C13H17FN4O2S. The van der Waals surface area contributed by atoms with Crippen molar-refractivity contribution in [2.45, 2.75) is 24.8 Å². The lowest BCUT2D eigenvalue weighted by atomic mass is 10.2. The molecule has 0 saturated carbocycles. The maximum atomic E-state index is 13.3. The van der Waals surface area contributed by atoms with Gasteiger partial charge in [0.2, 0.25) is 10.0 Å². The van der Waals surface area contributed by atoms with Crippen LogP contribution < -0.4 is 10.5 Å². The average Bonchev–Trinajstić information content (AvgIpc) is 2.92. The summed E-state index contributed by atoms with van der Waals surface area (Å²) >= 11 is 0. The van der Waals surface area contributed by atoms with Crippen LogP contribution in [0.5, 0.6) is 0 Å². The van der Waals surface area contributed by atoms with Gasteiger partial charge >= 0.3 is 0 Å². The van der Waals surface area contributed by atoms with Crippen molar-refractivity contribution in [1.82, 2.24) is 14.5 Å². The molecule has 1 aromatic heterocycles. The van der Waals surface area contributed by atoms with Crippen LogP contribution in [0.3, 0.4) is 0 Å². The first-order valence-corrected chi connectivity index (χ1v) is 7.91. The number of nitrogens with two attached hydrogens (primary N) is 1. The summed E-state index contributed by atoms with van der Waals surface area (Å²) in [6, 6.07) is 4.06. The topological polar surface area (TPSA) is 90.0 Å². The number of sulfonamides is 1. The van der Waals surface area contributed by atoms with Crippen LogP contribution in [0.2, 0.25) is 0 Å². The van der Waals surface area contributed by atoms with Crippen LogP contribution in [0.4, 0.5) is 10.1 Å². The van der Waals surface area contributed by atoms with Crippen molar-refractivity contribution in [3.63, 3.8) is 0 Å². The largest absolute Gasteiger partial charge is 0.396 e. The quantitative estimate of drug-likeness (QED) is 0.621. The predicted octanol–water partition coefficient (Wildman–Crippen LogP) is 1.28. The highest BCUT2D eigenvalue weighted by atomic mass is 32.2. The van der Waals surface area contributed by atoms with E-state index in [1.807, 2.05) is 0 Å². The Labute approximate surface area is 122 Å². The molecule has 114 valence electrons. The molecule has 0 saturated heterocycles. The van der Waals surface area contributed by atoms with Gasteiger partial charge in [-0.2, -0.15) is 5.10 Å². The third-order valence-electron chi connectivity index (χ3n) is 3.00. The van der Waals surface area contributed by atoms with Crippen molar-refractivity contribution < 1.29 is 12.8 Å². The number of benzene rings is 1. The van der Waals surface area contributed by atoms with E-state index in [1.54, 1.807) is 23.1 Å². The van der Waals surface area contributed by atoms with Crippen molar-refractivity contribution in [2.75, 3.05) is 12.3 Å². The first kappa shape index (κ1) is 15.5. The monoisotopic (exact) mass is 312 g/mol. The lowest BCUT2D eigenvalue weighted by Gasteiger charge is -2.10. The summed E-state index contributed by atoms with van der Waals surface area (Å²) in [4.78, 5) is 0.000453. The van der Waals surface area contributed by atoms with Crippen molar-refractivity contribution in [3.8, 4) is 0 Å². The summed E-state index contributed by atoms with van der Waals surface area (Å²) in [6.07, 6.45) is 4.06. The summed E-state index contributed by atoms with van der Waals surface area (Å²) in [5, 5.41) is 4.03. The van der Waals surface area contributed by atoms with E-state index in [2.05, 4.69) is 9.82 Å². The van der Waals surface area contributed by atoms with Crippen LogP contribution in [-0.4, -0.2) is 24.7 Å². The zero-order valence-corrected chi connectivity index (χ0v) is 12.4. The number of rotatable bonds is 6. The Morgan fingerprint density at radius 1 is 1.43 bits per heavy atom. The Kier molecular flexibility index (Phi) is 4.59. The summed E-state index contributed by atoms with van der Waals surface area (Å²) < 4.78 is 41.8. The van der Waals surface area contributed by atoms with Crippen LogP contribution in [0, 0.1) is 12.7 Å². The number of nitrogen functional groups attached to an aromatic ring is 1. The summed E-state index contributed by atoms with van der Waals surface area (Å²) in [6.45, 7) is 2.40. The number of anilines is 1. The molecule has 21 heavy (non-hydrogen) atoms. The number of nitrogens with one attached hydrogen (secondary N) is 1. The second-order valence-electron chi connectivity index (χ2n) is 4.66. The normalized spacial score (nSPS) is 11.7. The zero-order valence-electron chi connectivity index (χ0n) is 11.6. The van der Waals surface area contributed by atoms with E-state index < -0.39 is 15.8 Å². The van der Waals surface area contributed by atoms with Gasteiger partial charge in [0.05, 0.1) is 10.6 Å². The van der Waals surface area contributed by atoms with Crippen LogP contribution >= 0.6 is 0 Å². The van der Waals surface area contributed by atoms with Crippen LogP contribution in [-0.2, 0) is 16.6 Å². The minimum absolute atomic E-state index is 0.000453. The summed E-state index contributed by atoms with van der Waals surface area (Å²) in [5.74, 6) is -0.620. The molecule has 8 heteroatoms. The molecule has 0 atom stereocenters. The molecule has 3 N–H and O–H groups in total. The molecule has 2 aromatic rings. The maximum absolute atomic E-state index is 13.3. The number of aromatic nitrogens is 2. The molecule has 1 heterocycles. The van der Waals surface area contributed by atoms with Gasteiger partial charge < -0.3 is 5.73 Å². The van der Waals surface area contributed by atoms with Gasteiger partial charge in [-0.15, -0.1) is 0 Å². The predicted molar refractivity (Wildman–Crippen MR) is 77.6 cm³/mol. The standard InChI is InChI=1S/C13H17FN4O2S/c1-10-8-11(14)12(15)9-13(10)21(19,20)17-5-3-7-18-6-2-4-16-18/h2,4,6,8-9,17H,3,5,7,15H2,1H3. The van der Waals surface area contributed by atoms with Crippen molar-refractivity contribution >= 4 is 15.7 Å². The molecule has 6 nitrogen and oxygen atoms in total. The van der Waals surface area contributed by atoms with Crippen molar-refractivity contribution in [2.24, 2.45) is 0 Å². The van der Waals surface area contributed by atoms with E-state index in [-0.39, 0.29) is 17.1 Å². The number of nitrogens with zero attached hydrogens (tertiary/aromatic N) is 2. The van der Waals surface area contributed by atoms with Crippen molar-refractivity contribution in [3.05, 3.63) is 42.0 Å². The van der Waals surface area contributed by atoms with Crippen molar-refractivity contribution in [1.29, 1.82) is 0 Å². The fraction of sp³-hybridized carbons (Fsp3) is 0.308. The highest BCUT2D eigenvalue weighted by Crippen LogP contribution is 2.21. The fourth-order valence-corrected chi connectivity index (χ4v) is 3.25. The highest BCUT2D eigenvalue weighted by Gasteiger charge is 2.18. The second kappa shape index (κ2) is 6.23. The third kappa shape index (κ3) is 3.79. The minimum Gasteiger partial charge on any atom is -0.396 e. The van der Waals surface area contributed by atoms with E-state index in [9.17, 15) is 12.8 Å². The molecule has 0 fully saturated rings. The first-order chi connectivity index (χ1) is 9.90. The molecule has 0 aliphatic carbocycles. The summed E-state index contributed by atoms with van der Waals surface area (Å²) in [7, 11) is -3.70. The Hall–Kier alpha value is -1.93. The van der Waals surface area contributed by atoms with E-state index in [0.29, 0.717) is 18.5 Å². The molecule has 0 aliphatic heterocycles. The SMILES string of the molecule is Cc1cc(F)c(N)cc1S(=O)(=O)NCCCn1cccn1. The summed E-state index contributed by atoms with van der Waals surface area (Å²) in [5.41, 5.74) is 5.56. The number of hydrogen-bond donors (Lipinski definition) is 2. The Morgan fingerprint density at radius 3 is 2.86 bits per heavy atom. The minimum atomic E-state index is -3.70. The van der Waals surface area contributed by atoms with Gasteiger partial charge in [0.25, 0.3) is 0 Å². The molecule has 0 unspecified atom stereocenters. The average molecular weight is 312 g/mol. The lowest BCUT2D eigenvalue weighted by molar-refractivity contribution is 0.552. The third-order valence-corrected chi connectivity index (χ3v) is 4.60. The smallest absolute Gasteiger partial charge is 0.240 e. The van der Waals surface area contributed by atoms with E-state index in [0.717, 1.165) is 12.1 Å². The van der Waals surface area contributed by atoms with Gasteiger partial charge in [0.15, 0.2) is 0 Å². The van der Waals surface area contributed by atoms with Gasteiger partial charge in [-0.25, -0.2) is 17.5 Å². The molecule has 0 radical (unpaired) electrons. The molecule has 1 aromatic carbocycles. The van der Waals surface area contributed by atoms with Gasteiger partial charge in [0.1, 0.15) is 5.82 Å². The van der Waals surface area contributed by atoms with Crippen LogP contribution in [0.1, 0.15) is 12.0 Å². The number of hydrogen-bond acceptors (Lipinski definition) is 4. The van der Waals surface area contributed by atoms with E-state index in [4.69, 9.17) is 5.73 Å². The Morgan fingerprint density at radius 2 is 2.19 bits per heavy atom. The van der Waals surface area contributed by atoms with Gasteiger partial charge in [-0.1, -0.05) is 0 Å². The molecule has 0 aliphatic rings. The van der Waals surface area contributed by atoms with Gasteiger partial charge in [-0.3, -0.25) is 4.68 Å². The first-order valence-electron chi connectivity index (χ1n) is 6.43. The van der Waals surface area contributed by atoms with E-state index in [1.165, 1.54) is 6.92 Å². The molecule has 0 amide bonds. The van der Waals surface area contributed by atoms with Gasteiger partial charge in [-0.05, 0) is 37.1 Å². The number of aryl methyl sites for hydroxylation is 2.